The zero-order chi connectivity index (χ0) is 11.5. The van der Waals surface area contributed by atoms with E-state index in [2.05, 4.69) is 15.5 Å². The molecule has 16 heavy (non-hydrogen) atoms. The fourth-order valence-electron chi connectivity index (χ4n) is 1.50. The molecule has 0 aliphatic carbocycles. The van der Waals surface area contributed by atoms with Gasteiger partial charge in [-0.2, -0.15) is 5.10 Å². The Morgan fingerprint density at radius 3 is 2.94 bits per heavy atom. The first-order valence-corrected chi connectivity index (χ1v) is 5.00. The van der Waals surface area contributed by atoms with E-state index in [1.807, 2.05) is 13.8 Å². The molecule has 84 valence electrons. The van der Waals surface area contributed by atoms with Gasteiger partial charge in [-0.1, -0.05) is 0 Å². The maximum absolute atomic E-state index is 11.6. The highest BCUT2D eigenvalue weighted by atomic mass is 16.3. The summed E-state index contributed by atoms with van der Waals surface area (Å²) in [4.78, 5) is 11.6. The van der Waals surface area contributed by atoms with E-state index in [-0.39, 0.29) is 5.91 Å². The van der Waals surface area contributed by atoms with Crippen LogP contribution in [0.1, 0.15) is 27.5 Å². The van der Waals surface area contributed by atoms with Gasteiger partial charge in [-0.25, -0.2) is 0 Å². The van der Waals surface area contributed by atoms with Crippen LogP contribution in [0.25, 0.3) is 0 Å². The molecule has 0 fully saturated rings. The Kier molecular flexibility index (Phi) is 2.76. The maximum Gasteiger partial charge on any atom is 0.287 e. The van der Waals surface area contributed by atoms with Crippen LogP contribution >= 0.6 is 0 Å². The first kappa shape index (κ1) is 10.5. The molecule has 0 unspecified atom stereocenters. The number of furan rings is 1. The summed E-state index contributed by atoms with van der Waals surface area (Å²) in [6.45, 7) is 4.28. The summed E-state index contributed by atoms with van der Waals surface area (Å²) in [5.74, 6) is 0.101. The normalized spacial score (nSPS) is 10.4. The molecular formula is C11H13N3O2. The van der Waals surface area contributed by atoms with Gasteiger partial charge in [0.25, 0.3) is 5.91 Å². The Hall–Kier alpha value is -2.04. The minimum atomic E-state index is -0.218. The van der Waals surface area contributed by atoms with E-state index in [0.29, 0.717) is 12.3 Å². The topological polar surface area (TPSA) is 70.9 Å². The lowest BCUT2D eigenvalue weighted by atomic mass is 10.2. The average Bonchev–Trinajstić information content (AvgIpc) is 2.87. The molecule has 0 aliphatic heterocycles. The van der Waals surface area contributed by atoms with E-state index in [9.17, 15) is 4.79 Å². The van der Waals surface area contributed by atoms with Crippen molar-refractivity contribution in [1.82, 2.24) is 15.5 Å². The van der Waals surface area contributed by atoms with Crippen LogP contribution in [-0.4, -0.2) is 16.1 Å². The molecule has 0 saturated carbocycles. The number of carbonyl (C=O) groups excluding carboxylic acids is 1. The summed E-state index contributed by atoms with van der Waals surface area (Å²) < 4.78 is 4.99. The number of H-pyrrole nitrogens is 1. The number of aromatic amines is 1. The summed E-state index contributed by atoms with van der Waals surface area (Å²) in [6, 6.07) is 3.31. The number of rotatable bonds is 3. The van der Waals surface area contributed by atoms with Crippen molar-refractivity contribution in [3.8, 4) is 0 Å². The van der Waals surface area contributed by atoms with Gasteiger partial charge in [-0.3, -0.25) is 9.89 Å². The lowest BCUT2D eigenvalue weighted by Crippen LogP contribution is -2.22. The lowest BCUT2D eigenvalue weighted by molar-refractivity contribution is 0.0923. The van der Waals surface area contributed by atoms with E-state index in [0.717, 1.165) is 17.0 Å². The van der Waals surface area contributed by atoms with Crippen LogP contribution in [0.15, 0.2) is 22.8 Å². The van der Waals surface area contributed by atoms with Crippen LogP contribution in [-0.2, 0) is 6.54 Å². The summed E-state index contributed by atoms with van der Waals surface area (Å²) in [5, 5.41) is 9.70. The van der Waals surface area contributed by atoms with Gasteiger partial charge in [-0.15, -0.1) is 0 Å². The maximum atomic E-state index is 11.6. The Morgan fingerprint density at radius 2 is 2.38 bits per heavy atom. The van der Waals surface area contributed by atoms with E-state index >= 15 is 0 Å². The standard InChI is InChI=1S/C11H13N3O2/c1-7-9(8(2)14-13-7)6-12-11(15)10-4-3-5-16-10/h3-5H,6H2,1-2H3,(H,12,15)(H,13,14). The van der Waals surface area contributed by atoms with Crippen molar-refractivity contribution in [3.05, 3.63) is 41.1 Å². The fourth-order valence-corrected chi connectivity index (χ4v) is 1.50. The number of aryl methyl sites for hydroxylation is 2. The monoisotopic (exact) mass is 219 g/mol. The molecule has 0 aliphatic rings. The van der Waals surface area contributed by atoms with Crippen molar-refractivity contribution in [2.75, 3.05) is 0 Å². The molecule has 2 N–H and O–H groups in total. The number of hydrogen-bond donors (Lipinski definition) is 2. The molecule has 2 aromatic heterocycles. The van der Waals surface area contributed by atoms with Crippen LogP contribution in [0.5, 0.6) is 0 Å². The van der Waals surface area contributed by atoms with Crippen molar-refractivity contribution in [1.29, 1.82) is 0 Å². The van der Waals surface area contributed by atoms with E-state index in [1.165, 1.54) is 6.26 Å². The van der Waals surface area contributed by atoms with Gasteiger partial charge in [0.1, 0.15) is 0 Å². The highest BCUT2D eigenvalue weighted by Crippen LogP contribution is 2.09. The molecule has 0 aromatic carbocycles. The molecule has 0 radical (unpaired) electrons. The molecule has 0 saturated heterocycles. The van der Waals surface area contributed by atoms with Crippen LogP contribution in [0.2, 0.25) is 0 Å². The molecule has 1 amide bonds. The van der Waals surface area contributed by atoms with Crippen molar-refractivity contribution < 1.29 is 9.21 Å². The Balaban J connectivity index is 2.01. The average molecular weight is 219 g/mol. The molecular weight excluding hydrogens is 206 g/mol. The number of carbonyl (C=O) groups is 1. The summed E-state index contributed by atoms with van der Waals surface area (Å²) in [7, 11) is 0. The molecule has 2 heterocycles. The summed E-state index contributed by atoms with van der Waals surface area (Å²) in [6.07, 6.45) is 1.48. The van der Waals surface area contributed by atoms with Gasteiger partial charge in [-0.05, 0) is 26.0 Å². The molecule has 0 spiro atoms. The van der Waals surface area contributed by atoms with Crippen LogP contribution < -0.4 is 5.32 Å². The number of nitrogens with one attached hydrogen (secondary N) is 2. The van der Waals surface area contributed by atoms with E-state index in [4.69, 9.17) is 4.42 Å². The van der Waals surface area contributed by atoms with Crippen molar-refractivity contribution in [2.24, 2.45) is 0 Å². The lowest BCUT2D eigenvalue weighted by Gasteiger charge is -2.03. The SMILES string of the molecule is Cc1n[nH]c(C)c1CNC(=O)c1ccco1. The van der Waals surface area contributed by atoms with Crippen LogP contribution in [0, 0.1) is 13.8 Å². The van der Waals surface area contributed by atoms with Crippen molar-refractivity contribution in [2.45, 2.75) is 20.4 Å². The summed E-state index contributed by atoms with van der Waals surface area (Å²) >= 11 is 0. The zero-order valence-corrected chi connectivity index (χ0v) is 9.20. The Labute approximate surface area is 92.9 Å². The molecule has 2 rings (SSSR count). The predicted octanol–water partition coefficient (Wildman–Crippen LogP) is 1.55. The predicted molar refractivity (Wildman–Crippen MR) is 57.9 cm³/mol. The number of amides is 1. The minimum Gasteiger partial charge on any atom is -0.459 e. The third-order valence-electron chi connectivity index (χ3n) is 2.45. The first-order chi connectivity index (χ1) is 7.68. The fraction of sp³-hybridized carbons (Fsp3) is 0.273. The molecule has 0 bridgehead atoms. The number of hydrogen-bond acceptors (Lipinski definition) is 3. The molecule has 5 heteroatoms. The first-order valence-electron chi connectivity index (χ1n) is 5.00. The third-order valence-corrected chi connectivity index (χ3v) is 2.45. The highest BCUT2D eigenvalue weighted by Gasteiger charge is 2.10. The van der Waals surface area contributed by atoms with Crippen LogP contribution in [0.3, 0.4) is 0 Å². The minimum absolute atomic E-state index is 0.218. The quantitative estimate of drug-likeness (QED) is 0.822. The Morgan fingerprint density at radius 1 is 1.56 bits per heavy atom. The smallest absolute Gasteiger partial charge is 0.287 e. The second-order valence-electron chi connectivity index (χ2n) is 3.57. The van der Waals surface area contributed by atoms with Gasteiger partial charge in [0, 0.05) is 17.8 Å². The van der Waals surface area contributed by atoms with E-state index < -0.39 is 0 Å². The molecule has 0 atom stereocenters. The molecule has 2 aromatic rings. The number of aromatic nitrogens is 2. The van der Waals surface area contributed by atoms with E-state index in [1.54, 1.807) is 12.1 Å². The number of nitrogens with zero attached hydrogens (tertiary/aromatic N) is 1. The van der Waals surface area contributed by atoms with Crippen molar-refractivity contribution >= 4 is 5.91 Å². The van der Waals surface area contributed by atoms with Crippen LogP contribution in [0.4, 0.5) is 0 Å². The van der Waals surface area contributed by atoms with Gasteiger partial charge < -0.3 is 9.73 Å². The van der Waals surface area contributed by atoms with Gasteiger partial charge in [0.15, 0.2) is 5.76 Å². The van der Waals surface area contributed by atoms with Gasteiger partial charge in [0.05, 0.1) is 12.0 Å². The second-order valence-corrected chi connectivity index (χ2v) is 3.57. The van der Waals surface area contributed by atoms with Gasteiger partial charge >= 0.3 is 0 Å². The Bertz CT molecular complexity index is 466. The highest BCUT2D eigenvalue weighted by molar-refractivity contribution is 5.91. The second kappa shape index (κ2) is 4.22. The van der Waals surface area contributed by atoms with Crippen molar-refractivity contribution in [3.63, 3.8) is 0 Å². The van der Waals surface area contributed by atoms with Gasteiger partial charge in [0.2, 0.25) is 0 Å². The zero-order valence-electron chi connectivity index (χ0n) is 9.20. The third kappa shape index (κ3) is 1.98. The summed E-state index contributed by atoms with van der Waals surface area (Å²) in [5.41, 5.74) is 2.88. The largest absolute Gasteiger partial charge is 0.459 e. The molecule has 5 nitrogen and oxygen atoms in total.